The van der Waals surface area contributed by atoms with Crippen molar-refractivity contribution in [3.8, 4) is 5.69 Å². The molecule has 6 nitrogen and oxygen atoms in total. The van der Waals surface area contributed by atoms with Crippen molar-refractivity contribution in [3.05, 3.63) is 65.8 Å². The molecule has 126 valence electrons. The minimum atomic E-state index is -3.60. The molecule has 1 aromatic carbocycles. The number of pyridine rings is 1. The van der Waals surface area contributed by atoms with Crippen molar-refractivity contribution in [2.45, 2.75) is 11.1 Å². The molecule has 1 N–H and O–H groups in total. The highest BCUT2D eigenvalue weighted by Crippen LogP contribution is 2.25. The van der Waals surface area contributed by atoms with Gasteiger partial charge in [-0.1, -0.05) is 24.3 Å². The predicted octanol–water partition coefficient (Wildman–Crippen LogP) is 3.59. The van der Waals surface area contributed by atoms with Gasteiger partial charge in [-0.3, -0.25) is 4.72 Å². The Hall–Kier alpha value is -2.71. The summed E-state index contributed by atoms with van der Waals surface area (Å²) in [6, 6.07) is 14.7. The van der Waals surface area contributed by atoms with Crippen LogP contribution in [0.15, 0.2) is 64.3 Å². The second-order valence-electron chi connectivity index (χ2n) is 5.47. The first-order valence-corrected chi connectivity index (χ1v) is 9.88. The lowest BCUT2D eigenvalue weighted by Gasteiger charge is -2.06. The monoisotopic (exact) mass is 370 g/mol. The number of rotatable bonds is 4. The van der Waals surface area contributed by atoms with E-state index in [1.807, 2.05) is 37.3 Å². The molecule has 3 aromatic heterocycles. The van der Waals surface area contributed by atoms with Gasteiger partial charge in [0, 0.05) is 5.39 Å². The minimum absolute atomic E-state index is 0.268. The number of nitrogens with zero attached hydrogens (tertiary/aromatic N) is 3. The molecule has 3 heterocycles. The molecule has 0 aliphatic rings. The second-order valence-corrected chi connectivity index (χ2v) is 8.32. The van der Waals surface area contributed by atoms with Crippen molar-refractivity contribution in [1.82, 2.24) is 14.8 Å². The van der Waals surface area contributed by atoms with Gasteiger partial charge in [-0.15, -0.1) is 11.3 Å². The number of fused-ring (bicyclic) bond motifs is 1. The van der Waals surface area contributed by atoms with Crippen LogP contribution in [0.2, 0.25) is 0 Å². The van der Waals surface area contributed by atoms with Gasteiger partial charge in [-0.05, 0) is 36.6 Å². The van der Waals surface area contributed by atoms with Crippen molar-refractivity contribution in [2.75, 3.05) is 4.72 Å². The molecule has 0 aliphatic carbocycles. The molecule has 0 saturated carbocycles. The third kappa shape index (κ3) is 2.90. The standard InChI is InChI=1S/C17H14N4O2S2/c1-12-15-10-13(20-25(22,23)16-8-5-9-24-16)11-18-17(15)21(19-12)14-6-3-2-4-7-14/h2-11,20H,1H3. The van der Waals surface area contributed by atoms with E-state index >= 15 is 0 Å². The molecular weight excluding hydrogens is 356 g/mol. The Balaban J connectivity index is 1.76. The van der Waals surface area contributed by atoms with E-state index in [2.05, 4.69) is 14.8 Å². The molecule has 4 rings (SSSR count). The van der Waals surface area contributed by atoms with Gasteiger partial charge in [0.25, 0.3) is 10.0 Å². The third-order valence-electron chi connectivity index (χ3n) is 3.72. The Bertz CT molecular complexity index is 1130. The van der Waals surface area contributed by atoms with Gasteiger partial charge < -0.3 is 0 Å². The number of sulfonamides is 1. The minimum Gasteiger partial charge on any atom is -0.277 e. The van der Waals surface area contributed by atoms with Crippen LogP contribution in [0.3, 0.4) is 0 Å². The molecule has 0 fully saturated rings. The Labute approximate surface area is 148 Å². The van der Waals surface area contributed by atoms with E-state index < -0.39 is 10.0 Å². The second kappa shape index (κ2) is 5.98. The third-order valence-corrected chi connectivity index (χ3v) is 6.50. The molecule has 0 bridgehead atoms. The lowest BCUT2D eigenvalue weighted by molar-refractivity contribution is 0.603. The molecule has 8 heteroatoms. The molecule has 0 unspecified atom stereocenters. The first-order chi connectivity index (χ1) is 12.0. The Morgan fingerprint density at radius 1 is 1.12 bits per heavy atom. The summed E-state index contributed by atoms with van der Waals surface area (Å²) >= 11 is 1.17. The first-order valence-electron chi connectivity index (χ1n) is 7.52. The number of aromatic nitrogens is 3. The van der Waals surface area contributed by atoms with E-state index in [4.69, 9.17) is 0 Å². The van der Waals surface area contributed by atoms with Crippen molar-refractivity contribution >= 4 is 38.1 Å². The fourth-order valence-corrected chi connectivity index (χ4v) is 4.60. The maximum Gasteiger partial charge on any atom is 0.271 e. The Morgan fingerprint density at radius 3 is 2.64 bits per heavy atom. The number of para-hydroxylation sites is 1. The Morgan fingerprint density at radius 2 is 1.92 bits per heavy atom. The number of thiophene rings is 1. The van der Waals surface area contributed by atoms with E-state index in [1.165, 1.54) is 17.5 Å². The van der Waals surface area contributed by atoms with Crippen LogP contribution >= 0.6 is 11.3 Å². The van der Waals surface area contributed by atoms with Crippen molar-refractivity contribution < 1.29 is 8.42 Å². The summed E-state index contributed by atoms with van der Waals surface area (Å²) in [5.41, 5.74) is 2.78. The lowest BCUT2D eigenvalue weighted by Crippen LogP contribution is -2.11. The lowest BCUT2D eigenvalue weighted by atomic mass is 10.2. The van der Waals surface area contributed by atoms with Gasteiger partial charge in [-0.25, -0.2) is 18.1 Å². The van der Waals surface area contributed by atoms with Gasteiger partial charge in [0.15, 0.2) is 5.65 Å². The summed E-state index contributed by atoms with van der Waals surface area (Å²) in [6.07, 6.45) is 1.51. The fraction of sp³-hybridized carbons (Fsp3) is 0.0588. The van der Waals surface area contributed by atoms with Crippen molar-refractivity contribution in [3.63, 3.8) is 0 Å². The van der Waals surface area contributed by atoms with E-state index in [0.717, 1.165) is 16.8 Å². The maximum atomic E-state index is 12.4. The quantitative estimate of drug-likeness (QED) is 0.595. The summed E-state index contributed by atoms with van der Waals surface area (Å²) in [7, 11) is -3.60. The highest BCUT2D eigenvalue weighted by Gasteiger charge is 2.17. The van der Waals surface area contributed by atoms with E-state index in [1.54, 1.807) is 28.3 Å². The van der Waals surface area contributed by atoms with Crippen LogP contribution in [0.5, 0.6) is 0 Å². The highest BCUT2D eigenvalue weighted by molar-refractivity contribution is 7.94. The van der Waals surface area contributed by atoms with E-state index in [-0.39, 0.29) is 4.21 Å². The fourth-order valence-electron chi connectivity index (χ4n) is 2.57. The van der Waals surface area contributed by atoms with E-state index in [9.17, 15) is 8.42 Å². The average Bonchev–Trinajstić information content (AvgIpc) is 3.25. The molecule has 4 aromatic rings. The van der Waals surface area contributed by atoms with Crippen LogP contribution < -0.4 is 4.72 Å². The number of aryl methyl sites for hydroxylation is 1. The molecule has 0 atom stereocenters. The van der Waals surface area contributed by atoms with Crippen LogP contribution in [0.1, 0.15) is 5.69 Å². The Kier molecular flexibility index (Phi) is 3.78. The zero-order valence-electron chi connectivity index (χ0n) is 13.2. The van der Waals surface area contributed by atoms with Crippen LogP contribution in [0.25, 0.3) is 16.7 Å². The molecule has 0 amide bonds. The number of hydrogen-bond acceptors (Lipinski definition) is 5. The number of benzene rings is 1. The first kappa shape index (κ1) is 15.8. The van der Waals surface area contributed by atoms with Crippen molar-refractivity contribution in [2.24, 2.45) is 0 Å². The number of anilines is 1. The SMILES string of the molecule is Cc1nn(-c2ccccc2)c2ncc(NS(=O)(=O)c3cccs3)cc12. The summed E-state index contributed by atoms with van der Waals surface area (Å²) in [6.45, 7) is 1.88. The smallest absolute Gasteiger partial charge is 0.271 e. The van der Waals surface area contributed by atoms with Crippen LogP contribution in [-0.4, -0.2) is 23.2 Å². The van der Waals surface area contributed by atoms with E-state index in [0.29, 0.717) is 11.3 Å². The summed E-state index contributed by atoms with van der Waals surface area (Å²) < 4.78 is 29.3. The largest absolute Gasteiger partial charge is 0.277 e. The highest BCUT2D eigenvalue weighted by atomic mass is 32.2. The summed E-state index contributed by atoms with van der Waals surface area (Å²) in [5.74, 6) is 0. The molecule has 0 saturated heterocycles. The molecule has 25 heavy (non-hydrogen) atoms. The van der Waals surface area contributed by atoms with Crippen molar-refractivity contribution in [1.29, 1.82) is 0 Å². The van der Waals surface area contributed by atoms with Gasteiger partial charge >= 0.3 is 0 Å². The number of nitrogens with one attached hydrogen (secondary N) is 1. The van der Waals surface area contributed by atoms with Crippen LogP contribution in [0, 0.1) is 6.92 Å². The van der Waals surface area contributed by atoms with Gasteiger partial charge in [0.05, 0.1) is 23.3 Å². The normalized spacial score (nSPS) is 11.7. The zero-order valence-corrected chi connectivity index (χ0v) is 14.9. The topological polar surface area (TPSA) is 76.9 Å². The maximum absolute atomic E-state index is 12.4. The molecule has 0 spiro atoms. The molecular formula is C17H14N4O2S2. The average molecular weight is 370 g/mol. The van der Waals surface area contributed by atoms with Gasteiger partial charge in [-0.2, -0.15) is 5.10 Å². The van der Waals surface area contributed by atoms with Gasteiger partial charge in [0.1, 0.15) is 4.21 Å². The number of hydrogen-bond donors (Lipinski definition) is 1. The van der Waals surface area contributed by atoms with Crippen LogP contribution in [0.4, 0.5) is 5.69 Å². The van der Waals surface area contributed by atoms with Crippen LogP contribution in [-0.2, 0) is 10.0 Å². The summed E-state index contributed by atoms with van der Waals surface area (Å²) in [5, 5.41) is 7.05. The molecule has 0 aliphatic heterocycles. The predicted molar refractivity (Wildman–Crippen MR) is 98.7 cm³/mol. The zero-order chi connectivity index (χ0) is 17.4. The molecule has 0 radical (unpaired) electrons. The van der Waals surface area contributed by atoms with Gasteiger partial charge in [0.2, 0.25) is 0 Å². The summed E-state index contributed by atoms with van der Waals surface area (Å²) in [4.78, 5) is 4.42.